The van der Waals surface area contributed by atoms with Gasteiger partial charge in [-0.1, -0.05) is 6.07 Å². The number of aryl methyl sites for hydroxylation is 1. The average molecular weight is 391 g/mol. The number of ether oxygens (including phenoxy) is 3. The minimum Gasteiger partial charge on any atom is -0.454 e. The fourth-order valence-corrected chi connectivity index (χ4v) is 3.80. The van der Waals surface area contributed by atoms with E-state index < -0.39 is 0 Å². The minimum absolute atomic E-state index is 0.0814. The molecule has 1 aliphatic rings. The van der Waals surface area contributed by atoms with Crippen molar-refractivity contribution in [3.8, 4) is 11.5 Å². The molecule has 0 aliphatic carbocycles. The molecule has 1 N–H and O–H groups in total. The van der Waals surface area contributed by atoms with Gasteiger partial charge in [0.05, 0.1) is 13.1 Å². The van der Waals surface area contributed by atoms with Crippen LogP contribution in [-0.4, -0.2) is 44.4 Å². The molecule has 1 aromatic heterocycles. The van der Waals surface area contributed by atoms with Crippen LogP contribution < -0.4 is 14.8 Å². The van der Waals surface area contributed by atoms with Crippen LogP contribution in [0.5, 0.6) is 11.5 Å². The SMILES string of the molecule is COCCCNCC(=O)N(Cc1ccc2c(c1)OCO2)Cc1sccc1C. The number of benzene rings is 1. The van der Waals surface area contributed by atoms with Crippen molar-refractivity contribution in [2.45, 2.75) is 26.4 Å². The Bertz CT molecular complexity index is 762. The Morgan fingerprint density at radius 3 is 2.89 bits per heavy atom. The van der Waals surface area contributed by atoms with E-state index in [2.05, 4.69) is 23.7 Å². The highest BCUT2D eigenvalue weighted by Gasteiger charge is 2.18. The maximum absolute atomic E-state index is 12.8. The van der Waals surface area contributed by atoms with Gasteiger partial charge in [0.15, 0.2) is 11.5 Å². The van der Waals surface area contributed by atoms with E-state index in [9.17, 15) is 4.79 Å². The lowest BCUT2D eigenvalue weighted by Gasteiger charge is -2.23. The molecular weight excluding hydrogens is 364 g/mol. The first-order valence-electron chi connectivity index (χ1n) is 9.06. The second kappa shape index (κ2) is 9.73. The summed E-state index contributed by atoms with van der Waals surface area (Å²) in [5.41, 5.74) is 2.25. The summed E-state index contributed by atoms with van der Waals surface area (Å²) in [6, 6.07) is 7.93. The third-order valence-electron chi connectivity index (χ3n) is 4.44. The highest BCUT2D eigenvalue weighted by molar-refractivity contribution is 7.10. The van der Waals surface area contributed by atoms with E-state index in [1.807, 2.05) is 23.1 Å². The van der Waals surface area contributed by atoms with Gasteiger partial charge >= 0.3 is 0 Å². The van der Waals surface area contributed by atoms with E-state index >= 15 is 0 Å². The second-order valence-electron chi connectivity index (χ2n) is 6.49. The van der Waals surface area contributed by atoms with Crippen molar-refractivity contribution < 1.29 is 19.0 Å². The summed E-state index contributed by atoms with van der Waals surface area (Å²) >= 11 is 1.69. The Kier molecular flexibility index (Phi) is 7.09. The van der Waals surface area contributed by atoms with Gasteiger partial charge in [-0.3, -0.25) is 4.79 Å². The van der Waals surface area contributed by atoms with Crippen LogP contribution in [0.15, 0.2) is 29.6 Å². The van der Waals surface area contributed by atoms with E-state index in [1.54, 1.807) is 18.4 Å². The number of nitrogens with zero attached hydrogens (tertiary/aromatic N) is 1. The molecule has 146 valence electrons. The lowest BCUT2D eigenvalue weighted by molar-refractivity contribution is -0.131. The maximum atomic E-state index is 12.8. The molecule has 3 rings (SSSR count). The first-order valence-corrected chi connectivity index (χ1v) is 9.94. The van der Waals surface area contributed by atoms with Gasteiger partial charge in [-0.2, -0.15) is 0 Å². The largest absolute Gasteiger partial charge is 0.454 e. The van der Waals surface area contributed by atoms with Gasteiger partial charge in [0.2, 0.25) is 12.7 Å². The molecule has 0 saturated heterocycles. The molecule has 27 heavy (non-hydrogen) atoms. The van der Waals surface area contributed by atoms with Crippen molar-refractivity contribution in [2.24, 2.45) is 0 Å². The van der Waals surface area contributed by atoms with Crippen molar-refractivity contribution in [3.63, 3.8) is 0 Å². The van der Waals surface area contributed by atoms with Gasteiger partial charge in [-0.05, 0) is 54.6 Å². The van der Waals surface area contributed by atoms with Crippen molar-refractivity contribution in [1.82, 2.24) is 10.2 Å². The molecule has 1 aromatic carbocycles. The molecule has 0 atom stereocenters. The van der Waals surface area contributed by atoms with E-state index in [1.165, 1.54) is 10.4 Å². The van der Waals surface area contributed by atoms with Crippen LogP contribution in [0.3, 0.4) is 0 Å². The van der Waals surface area contributed by atoms with Crippen LogP contribution in [0.4, 0.5) is 0 Å². The number of hydrogen-bond donors (Lipinski definition) is 1. The van der Waals surface area contributed by atoms with Crippen molar-refractivity contribution in [2.75, 3.05) is 33.6 Å². The summed E-state index contributed by atoms with van der Waals surface area (Å²) in [7, 11) is 1.68. The maximum Gasteiger partial charge on any atom is 0.237 e. The summed E-state index contributed by atoms with van der Waals surface area (Å²) in [4.78, 5) is 15.9. The summed E-state index contributed by atoms with van der Waals surface area (Å²) in [5, 5.41) is 5.28. The van der Waals surface area contributed by atoms with Gasteiger partial charge in [-0.15, -0.1) is 11.3 Å². The molecule has 1 amide bonds. The lowest BCUT2D eigenvalue weighted by atomic mass is 10.1. The Hall–Kier alpha value is -2.09. The monoisotopic (exact) mass is 390 g/mol. The number of methoxy groups -OCH3 is 1. The molecule has 2 heterocycles. The Morgan fingerprint density at radius 2 is 2.11 bits per heavy atom. The quantitative estimate of drug-likeness (QED) is 0.632. The predicted octanol–water partition coefficient (Wildman–Crippen LogP) is 2.94. The van der Waals surface area contributed by atoms with Gasteiger partial charge in [0.25, 0.3) is 0 Å². The Morgan fingerprint density at radius 1 is 1.26 bits per heavy atom. The van der Waals surface area contributed by atoms with Gasteiger partial charge in [0, 0.05) is 25.1 Å². The molecule has 0 spiro atoms. The number of rotatable bonds is 10. The molecule has 7 heteroatoms. The molecule has 0 bridgehead atoms. The topological polar surface area (TPSA) is 60.0 Å². The lowest BCUT2D eigenvalue weighted by Crippen LogP contribution is -2.37. The van der Waals surface area contributed by atoms with Gasteiger partial charge in [0.1, 0.15) is 0 Å². The van der Waals surface area contributed by atoms with E-state index in [0.29, 0.717) is 26.2 Å². The zero-order valence-corrected chi connectivity index (χ0v) is 16.6. The molecule has 0 fully saturated rings. The number of nitrogens with one attached hydrogen (secondary N) is 1. The molecule has 0 radical (unpaired) electrons. The number of hydrogen-bond acceptors (Lipinski definition) is 6. The number of thiophene rings is 1. The molecule has 0 saturated carbocycles. The number of amides is 1. The first kappa shape index (κ1) is 19.7. The minimum atomic E-state index is 0.0814. The van der Waals surface area contributed by atoms with Crippen LogP contribution in [-0.2, 0) is 22.6 Å². The molecule has 6 nitrogen and oxygen atoms in total. The van der Waals surface area contributed by atoms with Crippen LogP contribution in [0.1, 0.15) is 22.4 Å². The number of carbonyl (C=O) groups excluding carboxylic acids is 1. The average Bonchev–Trinajstić information content (AvgIpc) is 3.29. The van der Waals surface area contributed by atoms with Crippen LogP contribution in [0.25, 0.3) is 0 Å². The molecule has 0 unspecified atom stereocenters. The standard InChI is InChI=1S/C20H26N2O4S/c1-15-6-9-27-19(15)13-22(20(23)11-21-7-3-8-24-2)12-16-4-5-17-18(10-16)26-14-25-17/h4-6,9-10,21H,3,7-8,11-14H2,1-2H3. The fourth-order valence-electron chi connectivity index (χ4n) is 2.88. The highest BCUT2D eigenvalue weighted by Crippen LogP contribution is 2.33. The fraction of sp³-hybridized carbons (Fsp3) is 0.450. The second-order valence-corrected chi connectivity index (χ2v) is 7.49. The summed E-state index contributed by atoms with van der Waals surface area (Å²) in [6.45, 7) is 5.24. The number of carbonyl (C=O) groups is 1. The van der Waals surface area contributed by atoms with Gasteiger partial charge < -0.3 is 24.4 Å². The zero-order chi connectivity index (χ0) is 19.1. The first-order chi connectivity index (χ1) is 13.2. The van der Waals surface area contributed by atoms with Crippen LogP contribution in [0, 0.1) is 6.92 Å². The third kappa shape index (κ3) is 5.45. The Labute approximate surface area is 164 Å². The summed E-state index contributed by atoms with van der Waals surface area (Å²) in [5.74, 6) is 1.58. The predicted molar refractivity (Wildman–Crippen MR) is 105 cm³/mol. The van der Waals surface area contributed by atoms with E-state index in [0.717, 1.165) is 30.0 Å². The van der Waals surface area contributed by atoms with Crippen LogP contribution >= 0.6 is 11.3 Å². The van der Waals surface area contributed by atoms with Crippen molar-refractivity contribution >= 4 is 17.2 Å². The summed E-state index contributed by atoms with van der Waals surface area (Å²) in [6.07, 6.45) is 0.885. The summed E-state index contributed by atoms with van der Waals surface area (Å²) < 4.78 is 15.9. The van der Waals surface area contributed by atoms with E-state index in [4.69, 9.17) is 14.2 Å². The van der Waals surface area contributed by atoms with Crippen molar-refractivity contribution in [1.29, 1.82) is 0 Å². The normalized spacial score (nSPS) is 12.4. The van der Waals surface area contributed by atoms with E-state index in [-0.39, 0.29) is 12.7 Å². The number of fused-ring (bicyclic) bond motifs is 1. The highest BCUT2D eigenvalue weighted by atomic mass is 32.1. The smallest absolute Gasteiger partial charge is 0.237 e. The Balaban J connectivity index is 1.65. The molecular formula is C20H26N2O4S. The van der Waals surface area contributed by atoms with Crippen LogP contribution in [0.2, 0.25) is 0 Å². The molecule has 2 aromatic rings. The third-order valence-corrected chi connectivity index (χ3v) is 5.45. The molecule has 1 aliphatic heterocycles. The van der Waals surface area contributed by atoms with Crippen molar-refractivity contribution in [3.05, 3.63) is 45.6 Å². The van der Waals surface area contributed by atoms with Gasteiger partial charge in [-0.25, -0.2) is 0 Å². The zero-order valence-electron chi connectivity index (χ0n) is 15.8.